The molecule has 1 saturated heterocycles. The van der Waals surface area contributed by atoms with Gasteiger partial charge in [-0.05, 0) is 50.2 Å². The number of nitrogens with zero attached hydrogens (tertiary/aromatic N) is 1. The third-order valence-corrected chi connectivity index (χ3v) is 5.19. The van der Waals surface area contributed by atoms with Gasteiger partial charge in [-0.25, -0.2) is 4.39 Å². The highest BCUT2D eigenvalue weighted by Gasteiger charge is 2.54. The van der Waals surface area contributed by atoms with Crippen molar-refractivity contribution in [3.05, 3.63) is 11.1 Å². The second kappa shape index (κ2) is 6.00. The van der Waals surface area contributed by atoms with Crippen LogP contribution in [0.15, 0.2) is 11.1 Å². The lowest BCUT2D eigenvalue weighted by Gasteiger charge is -2.45. The Morgan fingerprint density at radius 2 is 1.76 bits per heavy atom. The van der Waals surface area contributed by atoms with Gasteiger partial charge in [0.2, 0.25) is 0 Å². The fourth-order valence-corrected chi connectivity index (χ4v) is 4.32. The summed E-state index contributed by atoms with van der Waals surface area (Å²) < 4.78 is 21.5. The van der Waals surface area contributed by atoms with Gasteiger partial charge in [0.05, 0.1) is 6.10 Å². The predicted molar refractivity (Wildman–Crippen MR) is 86.2 cm³/mol. The van der Waals surface area contributed by atoms with Gasteiger partial charge in [0, 0.05) is 19.1 Å². The summed E-state index contributed by atoms with van der Waals surface area (Å²) in [5, 5.41) is 0. The van der Waals surface area contributed by atoms with Gasteiger partial charge in [0.15, 0.2) is 0 Å². The van der Waals surface area contributed by atoms with E-state index in [1.807, 2.05) is 0 Å². The Kier molecular flexibility index (Phi) is 4.84. The first kappa shape index (κ1) is 17.0. The molecule has 0 aromatic heterocycles. The molecule has 1 fully saturated rings. The van der Waals surface area contributed by atoms with Crippen molar-refractivity contribution in [2.24, 2.45) is 11.8 Å². The van der Waals surface area contributed by atoms with Gasteiger partial charge >= 0.3 is 0 Å². The fourth-order valence-electron chi connectivity index (χ4n) is 4.32. The average Bonchev–Trinajstić information content (AvgIpc) is 2.66. The number of piperidine rings is 1. The Balaban J connectivity index is 2.39. The van der Waals surface area contributed by atoms with Gasteiger partial charge in [-0.15, -0.1) is 0 Å². The molecular formula is C18H32FNO. The van der Waals surface area contributed by atoms with E-state index in [0.29, 0.717) is 24.4 Å². The van der Waals surface area contributed by atoms with Crippen LogP contribution in [0.3, 0.4) is 0 Å². The van der Waals surface area contributed by atoms with Crippen LogP contribution in [0.4, 0.5) is 4.39 Å². The van der Waals surface area contributed by atoms with Crippen molar-refractivity contribution in [1.29, 1.82) is 0 Å². The van der Waals surface area contributed by atoms with Crippen LogP contribution in [0.1, 0.15) is 54.9 Å². The zero-order valence-electron chi connectivity index (χ0n) is 14.7. The molecule has 2 aliphatic rings. The lowest BCUT2D eigenvalue weighted by molar-refractivity contribution is -0.116. The minimum Gasteiger partial charge on any atom is -0.360 e. The summed E-state index contributed by atoms with van der Waals surface area (Å²) in [7, 11) is 0. The Bertz CT molecular complexity index is 415. The van der Waals surface area contributed by atoms with Crippen molar-refractivity contribution in [3.63, 3.8) is 0 Å². The second-order valence-electron chi connectivity index (χ2n) is 7.63. The molecule has 0 bridgehead atoms. The SMILES string of the molecule is CC(C)C1=C(C(C)C)[C@]2(CCN(C(C)C)C[C@@H]2F)O[C@H]1C. The number of halogens is 1. The molecule has 0 radical (unpaired) electrons. The molecule has 0 aliphatic carbocycles. The van der Waals surface area contributed by atoms with E-state index < -0.39 is 11.8 Å². The molecule has 0 aromatic carbocycles. The monoisotopic (exact) mass is 297 g/mol. The Morgan fingerprint density at radius 3 is 2.19 bits per heavy atom. The first-order valence-electron chi connectivity index (χ1n) is 8.51. The molecule has 0 amide bonds. The van der Waals surface area contributed by atoms with E-state index in [1.54, 1.807) is 0 Å². The molecule has 2 nitrogen and oxygen atoms in total. The minimum absolute atomic E-state index is 0.0475. The summed E-state index contributed by atoms with van der Waals surface area (Å²) >= 11 is 0. The number of rotatable bonds is 3. The van der Waals surface area contributed by atoms with E-state index in [2.05, 4.69) is 53.4 Å². The standard InChI is InChI=1S/C18H32FNO/c1-11(2)16-14(7)21-18(17(16)12(3)4)8-9-20(13(5)6)10-15(18)19/h11-15H,8-10H2,1-7H3/t14-,15-,18+/m0/s1. The van der Waals surface area contributed by atoms with E-state index in [9.17, 15) is 0 Å². The summed E-state index contributed by atoms with van der Waals surface area (Å²) in [6.45, 7) is 16.6. The average molecular weight is 297 g/mol. The van der Waals surface area contributed by atoms with Crippen molar-refractivity contribution in [1.82, 2.24) is 4.90 Å². The predicted octanol–water partition coefficient (Wildman–Crippen LogP) is 4.20. The van der Waals surface area contributed by atoms with Crippen molar-refractivity contribution >= 4 is 0 Å². The maximum atomic E-state index is 15.2. The van der Waals surface area contributed by atoms with Crippen LogP contribution in [0.2, 0.25) is 0 Å². The van der Waals surface area contributed by atoms with E-state index >= 15 is 4.39 Å². The van der Waals surface area contributed by atoms with Crippen LogP contribution >= 0.6 is 0 Å². The lowest BCUT2D eigenvalue weighted by atomic mass is 9.75. The summed E-state index contributed by atoms with van der Waals surface area (Å²) in [5.74, 6) is 0.767. The van der Waals surface area contributed by atoms with Crippen molar-refractivity contribution < 1.29 is 9.13 Å². The zero-order valence-corrected chi connectivity index (χ0v) is 14.7. The molecule has 3 atom stereocenters. The molecule has 3 heteroatoms. The van der Waals surface area contributed by atoms with Crippen LogP contribution < -0.4 is 0 Å². The molecular weight excluding hydrogens is 265 g/mol. The number of ether oxygens (including phenoxy) is 1. The normalized spacial score (nSPS) is 35.0. The van der Waals surface area contributed by atoms with Crippen LogP contribution in [0.5, 0.6) is 0 Å². The van der Waals surface area contributed by atoms with E-state index in [4.69, 9.17) is 4.74 Å². The van der Waals surface area contributed by atoms with Crippen LogP contribution in [0.25, 0.3) is 0 Å². The maximum Gasteiger partial charge on any atom is 0.145 e. The third-order valence-electron chi connectivity index (χ3n) is 5.19. The summed E-state index contributed by atoms with van der Waals surface area (Å²) in [6, 6.07) is 0.399. The number of likely N-dealkylation sites (tertiary alicyclic amines) is 1. The molecule has 0 saturated carbocycles. The third kappa shape index (κ3) is 2.79. The van der Waals surface area contributed by atoms with Crippen molar-refractivity contribution in [3.8, 4) is 0 Å². The molecule has 21 heavy (non-hydrogen) atoms. The molecule has 1 spiro atoms. The Hall–Kier alpha value is -0.410. The highest BCUT2D eigenvalue weighted by atomic mass is 19.1. The van der Waals surface area contributed by atoms with Crippen LogP contribution in [-0.2, 0) is 4.74 Å². The van der Waals surface area contributed by atoms with Crippen molar-refractivity contribution in [2.45, 2.75) is 78.8 Å². The molecule has 2 heterocycles. The van der Waals surface area contributed by atoms with Crippen molar-refractivity contribution in [2.75, 3.05) is 13.1 Å². The quantitative estimate of drug-likeness (QED) is 0.724. The van der Waals surface area contributed by atoms with Gasteiger partial charge in [0.1, 0.15) is 11.8 Å². The Labute approximate surface area is 129 Å². The highest BCUT2D eigenvalue weighted by molar-refractivity contribution is 5.37. The van der Waals surface area contributed by atoms with E-state index in [-0.39, 0.29) is 6.10 Å². The van der Waals surface area contributed by atoms with Gasteiger partial charge < -0.3 is 4.74 Å². The van der Waals surface area contributed by atoms with Gasteiger partial charge in [-0.3, -0.25) is 4.90 Å². The summed E-state index contributed by atoms with van der Waals surface area (Å²) in [6.07, 6.45) is -0.101. The first-order chi connectivity index (χ1) is 9.70. The largest absolute Gasteiger partial charge is 0.360 e. The van der Waals surface area contributed by atoms with Gasteiger partial charge in [-0.2, -0.15) is 0 Å². The van der Waals surface area contributed by atoms with Gasteiger partial charge in [-0.1, -0.05) is 27.7 Å². The molecule has 0 aromatic rings. The minimum atomic E-state index is -0.926. The summed E-state index contributed by atoms with van der Waals surface area (Å²) in [5.41, 5.74) is 1.92. The fraction of sp³-hybridized carbons (Fsp3) is 0.889. The molecule has 0 unspecified atom stereocenters. The lowest BCUT2D eigenvalue weighted by Crippen LogP contribution is -2.57. The van der Waals surface area contributed by atoms with E-state index in [1.165, 1.54) is 11.1 Å². The van der Waals surface area contributed by atoms with Crippen LogP contribution in [0, 0.1) is 11.8 Å². The topological polar surface area (TPSA) is 12.5 Å². The van der Waals surface area contributed by atoms with E-state index in [0.717, 1.165) is 13.0 Å². The van der Waals surface area contributed by atoms with Gasteiger partial charge in [0.25, 0.3) is 0 Å². The highest BCUT2D eigenvalue weighted by Crippen LogP contribution is 2.49. The number of alkyl halides is 1. The number of hydrogen-bond acceptors (Lipinski definition) is 2. The molecule has 2 rings (SSSR count). The maximum absolute atomic E-state index is 15.2. The second-order valence-corrected chi connectivity index (χ2v) is 7.63. The summed E-state index contributed by atoms with van der Waals surface area (Å²) in [4.78, 5) is 2.23. The number of hydrogen-bond donors (Lipinski definition) is 0. The molecule has 0 N–H and O–H groups in total. The molecule has 2 aliphatic heterocycles. The first-order valence-corrected chi connectivity index (χ1v) is 8.51. The Morgan fingerprint density at radius 1 is 1.14 bits per heavy atom. The smallest absolute Gasteiger partial charge is 0.145 e. The molecule has 122 valence electrons. The zero-order chi connectivity index (χ0) is 15.9. The van der Waals surface area contributed by atoms with Crippen LogP contribution in [-0.4, -0.2) is 41.9 Å².